The van der Waals surface area contributed by atoms with Gasteiger partial charge < -0.3 is 11.1 Å². The molecule has 90 valence electrons. The molecule has 2 aromatic carbocycles. The number of nitrogens with two attached hydrogens (primary N) is 1. The van der Waals surface area contributed by atoms with E-state index in [2.05, 4.69) is 48.6 Å². The van der Waals surface area contributed by atoms with Gasteiger partial charge in [-0.15, -0.1) is 0 Å². The molecule has 0 atom stereocenters. The molecule has 0 aliphatic rings. The van der Waals surface area contributed by atoms with Crippen molar-refractivity contribution in [3.63, 3.8) is 0 Å². The van der Waals surface area contributed by atoms with Crippen LogP contribution in [-0.2, 0) is 0 Å². The van der Waals surface area contributed by atoms with Crippen molar-refractivity contribution < 1.29 is 0 Å². The van der Waals surface area contributed by atoms with Gasteiger partial charge in [0.2, 0.25) is 0 Å². The maximum atomic E-state index is 5.95. The Hall–Kier alpha value is -1.54. The van der Waals surface area contributed by atoms with Crippen molar-refractivity contribution in [2.24, 2.45) is 5.73 Å². The maximum absolute atomic E-state index is 5.95. The van der Waals surface area contributed by atoms with Crippen LogP contribution in [0.25, 0.3) is 10.8 Å². The summed E-state index contributed by atoms with van der Waals surface area (Å²) in [6, 6.07) is 12.9. The van der Waals surface area contributed by atoms with Gasteiger partial charge in [0.1, 0.15) is 0 Å². The molecule has 0 spiro atoms. The normalized spacial score (nSPS) is 11.8. The Balaban J connectivity index is 2.23. The molecule has 0 aliphatic heterocycles. The van der Waals surface area contributed by atoms with Gasteiger partial charge >= 0.3 is 0 Å². The van der Waals surface area contributed by atoms with Gasteiger partial charge in [-0.3, -0.25) is 0 Å². The fourth-order valence-corrected chi connectivity index (χ4v) is 1.80. The van der Waals surface area contributed by atoms with E-state index < -0.39 is 0 Å². The van der Waals surface area contributed by atoms with Crippen LogP contribution in [0.1, 0.15) is 19.4 Å². The van der Waals surface area contributed by atoms with E-state index in [1.807, 2.05) is 13.8 Å². The molecule has 0 radical (unpaired) electrons. The van der Waals surface area contributed by atoms with Gasteiger partial charge in [0.05, 0.1) is 0 Å². The average Bonchev–Trinajstić information content (AvgIpc) is 2.25. The largest absolute Gasteiger partial charge is 0.383 e. The summed E-state index contributed by atoms with van der Waals surface area (Å²) < 4.78 is 0. The van der Waals surface area contributed by atoms with E-state index in [-0.39, 0.29) is 5.54 Å². The first kappa shape index (κ1) is 11.9. The van der Waals surface area contributed by atoms with Crippen LogP contribution in [0.4, 0.5) is 5.69 Å². The van der Waals surface area contributed by atoms with Crippen LogP contribution in [0.15, 0.2) is 36.4 Å². The molecule has 0 amide bonds. The predicted octanol–water partition coefficient (Wildman–Crippen LogP) is 3.30. The lowest BCUT2D eigenvalue weighted by Crippen LogP contribution is -2.39. The molecule has 0 aromatic heterocycles. The Morgan fingerprint density at radius 3 is 2.41 bits per heavy atom. The smallest absolute Gasteiger partial charge is 0.0347 e. The lowest BCUT2D eigenvalue weighted by atomic mass is 10.1. The van der Waals surface area contributed by atoms with Crippen LogP contribution in [0.3, 0.4) is 0 Å². The molecule has 0 saturated carbocycles. The van der Waals surface area contributed by atoms with Crippen molar-refractivity contribution in [3.05, 3.63) is 42.0 Å². The highest BCUT2D eigenvalue weighted by atomic mass is 14.9. The molecule has 0 unspecified atom stereocenters. The number of hydrogen-bond donors (Lipinski definition) is 2. The minimum atomic E-state index is -0.192. The van der Waals surface area contributed by atoms with Crippen molar-refractivity contribution in [2.45, 2.75) is 26.3 Å². The highest BCUT2D eigenvalue weighted by molar-refractivity contribution is 5.86. The van der Waals surface area contributed by atoms with Gasteiger partial charge in [0.15, 0.2) is 0 Å². The molecule has 2 heteroatoms. The van der Waals surface area contributed by atoms with Crippen LogP contribution in [0.5, 0.6) is 0 Å². The van der Waals surface area contributed by atoms with Gasteiger partial charge in [-0.25, -0.2) is 0 Å². The van der Waals surface area contributed by atoms with Gasteiger partial charge in [-0.2, -0.15) is 0 Å². The number of rotatable bonds is 3. The number of hydrogen-bond acceptors (Lipinski definition) is 2. The van der Waals surface area contributed by atoms with Crippen LogP contribution in [0.2, 0.25) is 0 Å². The quantitative estimate of drug-likeness (QED) is 0.846. The zero-order chi connectivity index (χ0) is 12.5. The summed E-state index contributed by atoms with van der Waals surface area (Å²) in [4.78, 5) is 0. The van der Waals surface area contributed by atoms with Crippen LogP contribution < -0.4 is 11.1 Å². The number of anilines is 1. The van der Waals surface area contributed by atoms with E-state index >= 15 is 0 Å². The molecule has 17 heavy (non-hydrogen) atoms. The van der Waals surface area contributed by atoms with Gasteiger partial charge in [0.25, 0.3) is 0 Å². The van der Waals surface area contributed by atoms with Crippen molar-refractivity contribution in [1.82, 2.24) is 0 Å². The predicted molar refractivity (Wildman–Crippen MR) is 75.4 cm³/mol. The molecular weight excluding hydrogens is 208 g/mol. The standard InChI is InChI=1S/C15H20N2/c1-11-4-5-13-9-14(7-6-12(13)8-11)17-10-15(2,3)16/h4-9,17H,10,16H2,1-3H3. The Morgan fingerprint density at radius 2 is 1.71 bits per heavy atom. The summed E-state index contributed by atoms with van der Waals surface area (Å²) >= 11 is 0. The topological polar surface area (TPSA) is 38.0 Å². The Kier molecular flexibility index (Phi) is 3.07. The first-order valence-electron chi connectivity index (χ1n) is 5.97. The highest BCUT2D eigenvalue weighted by Crippen LogP contribution is 2.20. The lowest BCUT2D eigenvalue weighted by molar-refractivity contribution is 0.549. The van der Waals surface area contributed by atoms with E-state index in [0.717, 1.165) is 12.2 Å². The molecule has 0 fully saturated rings. The van der Waals surface area contributed by atoms with E-state index in [1.165, 1.54) is 16.3 Å². The van der Waals surface area contributed by atoms with Crippen molar-refractivity contribution in [1.29, 1.82) is 0 Å². The fraction of sp³-hybridized carbons (Fsp3) is 0.333. The Bertz CT molecular complexity index is 524. The van der Waals surface area contributed by atoms with E-state index in [4.69, 9.17) is 5.73 Å². The number of nitrogens with one attached hydrogen (secondary N) is 1. The highest BCUT2D eigenvalue weighted by Gasteiger charge is 2.09. The summed E-state index contributed by atoms with van der Waals surface area (Å²) in [7, 11) is 0. The lowest BCUT2D eigenvalue weighted by Gasteiger charge is -2.20. The van der Waals surface area contributed by atoms with Crippen LogP contribution >= 0.6 is 0 Å². The molecule has 2 rings (SSSR count). The van der Waals surface area contributed by atoms with Crippen LogP contribution in [-0.4, -0.2) is 12.1 Å². The van der Waals surface area contributed by atoms with Crippen LogP contribution in [0, 0.1) is 6.92 Å². The second-order valence-corrected chi connectivity index (χ2v) is 5.41. The molecule has 0 heterocycles. The number of fused-ring (bicyclic) bond motifs is 1. The second-order valence-electron chi connectivity index (χ2n) is 5.41. The van der Waals surface area contributed by atoms with E-state index in [0.29, 0.717) is 0 Å². The molecule has 2 aromatic rings. The van der Waals surface area contributed by atoms with Gasteiger partial charge in [-0.1, -0.05) is 29.8 Å². The molecule has 0 bridgehead atoms. The maximum Gasteiger partial charge on any atom is 0.0347 e. The van der Waals surface area contributed by atoms with E-state index in [1.54, 1.807) is 0 Å². The third-order valence-corrected chi connectivity index (χ3v) is 2.74. The summed E-state index contributed by atoms with van der Waals surface area (Å²) in [5.74, 6) is 0. The minimum absolute atomic E-state index is 0.192. The molecule has 3 N–H and O–H groups in total. The fourth-order valence-electron chi connectivity index (χ4n) is 1.80. The summed E-state index contributed by atoms with van der Waals surface area (Å²) in [5.41, 5.74) is 8.18. The third-order valence-electron chi connectivity index (χ3n) is 2.74. The number of aryl methyl sites for hydroxylation is 1. The minimum Gasteiger partial charge on any atom is -0.383 e. The number of benzene rings is 2. The Morgan fingerprint density at radius 1 is 1.06 bits per heavy atom. The Labute approximate surface area is 103 Å². The zero-order valence-corrected chi connectivity index (χ0v) is 10.7. The first-order chi connectivity index (χ1) is 7.94. The summed E-state index contributed by atoms with van der Waals surface area (Å²) in [6.07, 6.45) is 0. The zero-order valence-electron chi connectivity index (χ0n) is 10.7. The molecule has 2 nitrogen and oxygen atoms in total. The molecular formula is C15H20N2. The molecule has 0 saturated heterocycles. The van der Waals surface area contributed by atoms with Gasteiger partial charge in [0, 0.05) is 17.8 Å². The van der Waals surface area contributed by atoms with Crippen molar-refractivity contribution >= 4 is 16.5 Å². The summed E-state index contributed by atoms with van der Waals surface area (Å²) in [5, 5.41) is 5.91. The first-order valence-corrected chi connectivity index (χ1v) is 5.97. The monoisotopic (exact) mass is 228 g/mol. The summed E-state index contributed by atoms with van der Waals surface area (Å²) in [6.45, 7) is 6.92. The van der Waals surface area contributed by atoms with Crippen molar-refractivity contribution in [3.8, 4) is 0 Å². The molecule has 0 aliphatic carbocycles. The van der Waals surface area contributed by atoms with E-state index in [9.17, 15) is 0 Å². The van der Waals surface area contributed by atoms with Gasteiger partial charge in [-0.05, 0) is 43.7 Å². The second kappa shape index (κ2) is 4.38. The van der Waals surface area contributed by atoms with Crippen molar-refractivity contribution in [2.75, 3.05) is 11.9 Å². The third kappa shape index (κ3) is 3.21. The average molecular weight is 228 g/mol. The SMILES string of the molecule is Cc1ccc2cc(NCC(C)(C)N)ccc2c1.